The molecule has 2 unspecified atom stereocenters. The molecule has 0 aromatic heterocycles. The second kappa shape index (κ2) is 10.3. The van der Waals surface area contributed by atoms with E-state index in [1.54, 1.807) is 36.4 Å². The average molecular weight is 569 g/mol. The highest BCUT2D eigenvalue weighted by Crippen LogP contribution is 2.53. The molecule has 42 heavy (non-hydrogen) atoms. The fourth-order valence-corrected chi connectivity index (χ4v) is 6.19. The third kappa shape index (κ3) is 4.76. The van der Waals surface area contributed by atoms with Gasteiger partial charge in [-0.05, 0) is 61.9 Å². The molecule has 3 aromatic rings. The van der Waals surface area contributed by atoms with Crippen molar-refractivity contribution in [1.29, 1.82) is 0 Å². The summed E-state index contributed by atoms with van der Waals surface area (Å²) in [6.07, 6.45) is 1.54. The molecule has 0 fully saturated rings. The zero-order valence-electron chi connectivity index (χ0n) is 24.6. The van der Waals surface area contributed by atoms with Gasteiger partial charge in [-0.3, -0.25) is 9.59 Å². The first-order valence-corrected chi connectivity index (χ1v) is 13.6. The van der Waals surface area contributed by atoms with Gasteiger partial charge in [-0.1, -0.05) is 96.1 Å². The van der Waals surface area contributed by atoms with Gasteiger partial charge in [-0.25, -0.2) is 9.59 Å². The molecular formula is C34H36N2O6. The van der Waals surface area contributed by atoms with E-state index in [4.69, 9.17) is 11.5 Å². The molecule has 0 saturated carbocycles. The van der Waals surface area contributed by atoms with Crippen LogP contribution in [-0.4, -0.2) is 34.0 Å². The smallest absolute Gasteiger partial charge is 0.336 e. The van der Waals surface area contributed by atoms with Gasteiger partial charge in [0.05, 0.1) is 17.0 Å². The molecule has 1 aliphatic rings. The summed E-state index contributed by atoms with van der Waals surface area (Å²) in [5.74, 6) is -6.00. The van der Waals surface area contributed by atoms with Gasteiger partial charge in [0.2, 0.25) is 11.8 Å². The minimum atomic E-state index is -1.97. The van der Waals surface area contributed by atoms with Gasteiger partial charge in [0, 0.05) is 0 Å². The van der Waals surface area contributed by atoms with Gasteiger partial charge in [-0.15, -0.1) is 0 Å². The highest BCUT2D eigenvalue weighted by Gasteiger charge is 2.52. The van der Waals surface area contributed by atoms with Crippen LogP contribution < -0.4 is 11.5 Å². The molecular weight excluding hydrogens is 532 g/mol. The highest BCUT2D eigenvalue weighted by molar-refractivity contribution is 6.10. The second-order valence-corrected chi connectivity index (χ2v) is 12.8. The minimum absolute atomic E-state index is 0.154. The van der Waals surface area contributed by atoms with E-state index < -0.39 is 45.9 Å². The molecule has 1 aliphatic carbocycles. The van der Waals surface area contributed by atoms with Gasteiger partial charge in [0.1, 0.15) is 5.41 Å². The Morgan fingerprint density at radius 2 is 1.21 bits per heavy atom. The number of carbonyl (C=O) groups excluding carboxylic acids is 2. The predicted molar refractivity (Wildman–Crippen MR) is 161 cm³/mol. The number of carboxylic acid groups (broad SMARTS) is 2. The summed E-state index contributed by atoms with van der Waals surface area (Å²) in [6.45, 7) is 11.8. The largest absolute Gasteiger partial charge is 0.478 e. The maximum absolute atomic E-state index is 14.0. The number of amides is 2. The van der Waals surface area contributed by atoms with Crippen molar-refractivity contribution < 1.29 is 29.4 Å². The van der Waals surface area contributed by atoms with E-state index in [1.807, 2.05) is 59.7 Å². The number of aromatic carboxylic acids is 2. The third-order valence-corrected chi connectivity index (χ3v) is 7.95. The zero-order valence-corrected chi connectivity index (χ0v) is 24.6. The van der Waals surface area contributed by atoms with Gasteiger partial charge < -0.3 is 21.7 Å². The highest BCUT2D eigenvalue weighted by atomic mass is 16.4. The van der Waals surface area contributed by atoms with E-state index in [-0.39, 0.29) is 27.8 Å². The van der Waals surface area contributed by atoms with Crippen LogP contribution in [0.3, 0.4) is 0 Å². The maximum atomic E-state index is 14.0. The van der Waals surface area contributed by atoms with E-state index in [1.165, 1.54) is 0 Å². The van der Waals surface area contributed by atoms with Crippen LogP contribution in [0, 0.1) is 0 Å². The lowest BCUT2D eigenvalue weighted by Gasteiger charge is -2.42. The maximum Gasteiger partial charge on any atom is 0.336 e. The Balaban J connectivity index is 2.39. The quantitative estimate of drug-likeness (QED) is 0.323. The SMILES string of the molecule is CC(C)(C)c1ccccc1C1=CC(C(N)=O)(c2ccccc2C(C)(C)C)c2c(C(=O)O)ccc(C(=O)O)c2C1C(N)=O. The van der Waals surface area contributed by atoms with Crippen molar-refractivity contribution in [3.63, 3.8) is 0 Å². The monoisotopic (exact) mass is 568 g/mol. The summed E-state index contributed by atoms with van der Waals surface area (Å²) >= 11 is 0. The van der Waals surface area contributed by atoms with E-state index in [0.717, 1.165) is 17.7 Å². The molecule has 0 radical (unpaired) electrons. The summed E-state index contributed by atoms with van der Waals surface area (Å²) in [5.41, 5.74) is 11.2. The number of nitrogens with two attached hydrogens (primary N) is 2. The molecule has 8 heteroatoms. The molecule has 0 aliphatic heterocycles. The van der Waals surface area contributed by atoms with Crippen LogP contribution in [-0.2, 0) is 25.8 Å². The molecule has 2 amide bonds. The molecule has 0 spiro atoms. The second-order valence-electron chi connectivity index (χ2n) is 12.8. The number of fused-ring (bicyclic) bond motifs is 1. The summed E-state index contributed by atoms with van der Waals surface area (Å²) < 4.78 is 0. The van der Waals surface area contributed by atoms with Gasteiger partial charge in [0.15, 0.2) is 0 Å². The van der Waals surface area contributed by atoms with Crippen molar-refractivity contribution in [3.8, 4) is 0 Å². The Hall–Kier alpha value is -4.72. The predicted octanol–water partition coefficient (Wildman–Crippen LogP) is 5.12. The molecule has 218 valence electrons. The van der Waals surface area contributed by atoms with Crippen LogP contribution in [0.25, 0.3) is 5.57 Å². The molecule has 4 rings (SSSR count). The van der Waals surface area contributed by atoms with Crippen molar-refractivity contribution in [3.05, 3.63) is 111 Å². The number of rotatable bonds is 6. The van der Waals surface area contributed by atoms with Crippen LogP contribution in [0.1, 0.15) is 102 Å². The van der Waals surface area contributed by atoms with Crippen molar-refractivity contribution in [2.75, 3.05) is 0 Å². The summed E-state index contributed by atoms with van der Waals surface area (Å²) in [4.78, 5) is 52.9. The number of primary amides is 2. The van der Waals surface area contributed by atoms with Crippen molar-refractivity contribution >= 4 is 29.3 Å². The Kier molecular flexibility index (Phi) is 7.40. The number of hydrogen-bond acceptors (Lipinski definition) is 4. The Bertz CT molecular complexity index is 1670. The van der Waals surface area contributed by atoms with Gasteiger partial charge in [-0.2, -0.15) is 0 Å². The third-order valence-electron chi connectivity index (χ3n) is 7.95. The topological polar surface area (TPSA) is 161 Å². The number of carbonyl (C=O) groups is 4. The first kappa shape index (κ1) is 30.2. The lowest BCUT2D eigenvalue weighted by atomic mass is 9.59. The molecule has 2 atom stereocenters. The van der Waals surface area contributed by atoms with Crippen LogP contribution in [0.4, 0.5) is 0 Å². The molecule has 3 aromatic carbocycles. The lowest BCUT2D eigenvalue weighted by Crippen LogP contribution is -2.48. The lowest BCUT2D eigenvalue weighted by molar-refractivity contribution is -0.121. The van der Waals surface area contributed by atoms with Gasteiger partial charge >= 0.3 is 11.9 Å². The molecule has 8 nitrogen and oxygen atoms in total. The van der Waals surface area contributed by atoms with Crippen LogP contribution in [0.2, 0.25) is 0 Å². The Morgan fingerprint density at radius 3 is 1.71 bits per heavy atom. The molecule has 6 N–H and O–H groups in total. The number of hydrogen-bond donors (Lipinski definition) is 4. The summed E-state index contributed by atoms with van der Waals surface area (Å²) in [5, 5.41) is 20.7. The van der Waals surface area contributed by atoms with Crippen LogP contribution >= 0.6 is 0 Å². The summed E-state index contributed by atoms with van der Waals surface area (Å²) in [7, 11) is 0. The Morgan fingerprint density at radius 1 is 0.714 bits per heavy atom. The zero-order chi connectivity index (χ0) is 31.4. The van der Waals surface area contributed by atoms with Crippen LogP contribution in [0.15, 0.2) is 66.7 Å². The molecule has 0 saturated heterocycles. The van der Waals surface area contributed by atoms with E-state index in [9.17, 15) is 29.4 Å². The number of carboxylic acids is 2. The Labute approximate surface area is 245 Å². The van der Waals surface area contributed by atoms with Crippen molar-refractivity contribution in [1.82, 2.24) is 0 Å². The standard InChI is InChI=1S/C34H36N2O6/c1-32(2,3)22-12-8-7-11-18(22)21-17-34(31(36)42,24-14-10-9-13-23(24)33(4,5)6)27-20(30(40)41)16-15-19(29(38)39)25(27)26(21)28(35)37/h7-17,26H,1-6H3,(H2,35,37)(H2,36,42)(H,38,39)(H,40,41). The fourth-order valence-electron chi connectivity index (χ4n) is 6.19. The normalized spacial score (nSPS) is 18.5. The van der Waals surface area contributed by atoms with E-state index in [2.05, 4.69) is 0 Å². The fraction of sp³-hybridized carbons (Fsp3) is 0.294. The first-order valence-electron chi connectivity index (χ1n) is 13.6. The minimum Gasteiger partial charge on any atom is -0.478 e. The van der Waals surface area contributed by atoms with Crippen molar-refractivity contribution in [2.24, 2.45) is 11.5 Å². The molecule has 0 heterocycles. The van der Waals surface area contributed by atoms with Gasteiger partial charge in [0.25, 0.3) is 0 Å². The average Bonchev–Trinajstić information content (AvgIpc) is 2.90. The summed E-state index contributed by atoms with van der Waals surface area (Å²) in [6, 6.07) is 16.6. The number of benzene rings is 3. The van der Waals surface area contributed by atoms with Crippen molar-refractivity contribution in [2.45, 2.75) is 63.7 Å². The van der Waals surface area contributed by atoms with E-state index in [0.29, 0.717) is 16.7 Å². The molecule has 0 bridgehead atoms. The first-order chi connectivity index (χ1) is 19.4. The van der Waals surface area contributed by atoms with Crippen LogP contribution in [0.5, 0.6) is 0 Å². The van der Waals surface area contributed by atoms with E-state index >= 15 is 0 Å².